The van der Waals surface area contributed by atoms with E-state index in [0.29, 0.717) is 35.6 Å². The summed E-state index contributed by atoms with van der Waals surface area (Å²) in [6.45, 7) is 7.05. The predicted octanol–water partition coefficient (Wildman–Crippen LogP) is 4.74. The van der Waals surface area contributed by atoms with E-state index in [4.69, 9.17) is 4.52 Å². The quantitative estimate of drug-likeness (QED) is 0.590. The van der Waals surface area contributed by atoms with Crippen molar-refractivity contribution in [3.63, 3.8) is 0 Å². The van der Waals surface area contributed by atoms with Gasteiger partial charge in [-0.15, -0.1) is 0 Å². The Bertz CT molecular complexity index is 1120. The second-order valence-corrected chi connectivity index (χ2v) is 10.2. The maximum atomic E-state index is 13.2. The first kappa shape index (κ1) is 20.8. The van der Waals surface area contributed by atoms with Crippen LogP contribution in [0.15, 0.2) is 57.9 Å². The molecule has 1 atom stereocenters. The smallest absolute Gasteiger partial charge is 0.243 e. The molecule has 7 heteroatoms. The number of aromatic nitrogens is 2. The summed E-state index contributed by atoms with van der Waals surface area (Å²) in [6.07, 6.45) is 1.59. The summed E-state index contributed by atoms with van der Waals surface area (Å²) in [5.41, 5.74) is 3.15. The number of rotatable bonds is 5. The van der Waals surface area contributed by atoms with Gasteiger partial charge in [-0.3, -0.25) is 0 Å². The molecular weight excluding hydrogens is 398 g/mol. The zero-order valence-corrected chi connectivity index (χ0v) is 18.4. The Morgan fingerprint density at radius 2 is 1.90 bits per heavy atom. The Labute approximate surface area is 178 Å². The zero-order valence-electron chi connectivity index (χ0n) is 17.6. The third kappa shape index (κ3) is 4.18. The molecule has 0 amide bonds. The van der Waals surface area contributed by atoms with Crippen molar-refractivity contribution in [3.8, 4) is 11.4 Å². The Morgan fingerprint density at radius 1 is 1.13 bits per heavy atom. The lowest BCUT2D eigenvalue weighted by Gasteiger charge is -2.30. The monoisotopic (exact) mass is 425 g/mol. The molecule has 6 nitrogen and oxygen atoms in total. The van der Waals surface area contributed by atoms with Crippen LogP contribution in [0, 0.1) is 6.92 Å². The molecule has 2 aromatic carbocycles. The molecule has 0 aliphatic carbocycles. The molecule has 3 aromatic rings. The fourth-order valence-corrected chi connectivity index (χ4v) is 5.36. The highest BCUT2D eigenvalue weighted by Crippen LogP contribution is 2.31. The van der Waals surface area contributed by atoms with Crippen molar-refractivity contribution >= 4 is 10.0 Å². The topological polar surface area (TPSA) is 76.3 Å². The number of aryl methyl sites for hydroxylation is 1. The van der Waals surface area contributed by atoms with Crippen molar-refractivity contribution in [2.75, 3.05) is 13.1 Å². The molecule has 0 N–H and O–H groups in total. The summed E-state index contributed by atoms with van der Waals surface area (Å²) in [6, 6.07) is 15.1. The predicted molar refractivity (Wildman–Crippen MR) is 116 cm³/mol. The van der Waals surface area contributed by atoms with E-state index in [9.17, 15) is 8.42 Å². The van der Waals surface area contributed by atoms with Crippen molar-refractivity contribution in [3.05, 3.63) is 65.5 Å². The Kier molecular flexibility index (Phi) is 5.75. The lowest BCUT2D eigenvalue weighted by Crippen LogP contribution is -2.39. The van der Waals surface area contributed by atoms with Crippen LogP contribution in [0.5, 0.6) is 0 Å². The molecule has 1 aliphatic heterocycles. The number of piperidine rings is 1. The molecule has 158 valence electrons. The highest BCUT2D eigenvalue weighted by atomic mass is 32.2. The molecule has 2 heterocycles. The number of sulfonamides is 1. The van der Waals surface area contributed by atoms with Crippen LogP contribution >= 0.6 is 0 Å². The first-order valence-electron chi connectivity index (χ1n) is 10.4. The van der Waals surface area contributed by atoms with E-state index in [-0.39, 0.29) is 5.92 Å². The van der Waals surface area contributed by atoms with Crippen molar-refractivity contribution in [2.24, 2.45) is 0 Å². The molecule has 0 saturated carbocycles. The van der Waals surface area contributed by atoms with Gasteiger partial charge in [0.05, 0.1) is 10.8 Å². The average molecular weight is 426 g/mol. The van der Waals surface area contributed by atoms with Crippen LogP contribution in [0.2, 0.25) is 0 Å². The van der Waals surface area contributed by atoms with Crippen LogP contribution in [0.25, 0.3) is 11.4 Å². The van der Waals surface area contributed by atoms with Crippen LogP contribution in [-0.2, 0) is 10.0 Å². The van der Waals surface area contributed by atoms with Gasteiger partial charge < -0.3 is 4.52 Å². The SMILES string of the molecule is Cc1cccc(-c2noc([C@H]3CCCN(S(=O)(=O)c4ccc(C(C)C)cc4)C3)n2)c1. The van der Waals surface area contributed by atoms with Gasteiger partial charge in [0.15, 0.2) is 0 Å². The molecule has 30 heavy (non-hydrogen) atoms. The molecule has 1 aromatic heterocycles. The van der Waals surface area contributed by atoms with Gasteiger partial charge in [0.1, 0.15) is 0 Å². The first-order chi connectivity index (χ1) is 14.3. The first-order valence-corrected chi connectivity index (χ1v) is 11.8. The van der Waals surface area contributed by atoms with Crippen LogP contribution in [-0.4, -0.2) is 36.0 Å². The molecule has 0 radical (unpaired) electrons. The molecule has 0 spiro atoms. The highest BCUT2D eigenvalue weighted by molar-refractivity contribution is 7.89. The van der Waals surface area contributed by atoms with Crippen LogP contribution < -0.4 is 0 Å². The molecule has 0 bridgehead atoms. The van der Waals surface area contributed by atoms with Crippen LogP contribution in [0.1, 0.15) is 55.5 Å². The van der Waals surface area contributed by atoms with E-state index in [1.807, 2.05) is 43.3 Å². The summed E-state index contributed by atoms with van der Waals surface area (Å²) in [5, 5.41) is 4.12. The maximum Gasteiger partial charge on any atom is 0.243 e. The summed E-state index contributed by atoms with van der Waals surface area (Å²) < 4.78 is 33.4. The lowest BCUT2D eigenvalue weighted by molar-refractivity contribution is 0.265. The van der Waals surface area contributed by atoms with Crippen molar-refractivity contribution in [2.45, 2.75) is 50.3 Å². The number of hydrogen-bond donors (Lipinski definition) is 0. The van der Waals surface area contributed by atoms with Gasteiger partial charge in [0, 0.05) is 18.7 Å². The average Bonchev–Trinajstić information content (AvgIpc) is 3.24. The summed E-state index contributed by atoms with van der Waals surface area (Å²) in [4.78, 5) is 4.90. The van der Waals surface area contributed by atoms with E-state index in [1.54, 1.807) is 16.4 Å². The van der Waals surface area contributed by atoms with Gasteiger partial charge in [-0.1, -0.05) is 54.9 Å². The normalized spacial score (nSPS) is 18.1. The maximum absolute atomic E-state index is 13.2. The van der Waals surface area contributed by atoms with E-state index < -0.39 is 10.0 Å². The Morgan fingerprint density at radius 3 is 2.60 bits per heavy atom. The molecule has 4 rings (SSSR count). The second-order valence-electron chi connectivity index (χ2n) is 8.25. The van der Waals surface area contributed by atoms with Crippen molar-refractivity contribution in [1.82, 2.24) is 14.4 Å². The van der Waals surface area contributed by atoms with Gasteiger partial charge in [-0.2, -0.15) is 9.29 Å². The van der Waals surface area contributed by atoms with Gasteiger partial charge in [-0.05, 0) is 49.4 Å². The molecule has 1 aliphatic rings. The number of nitrogens with zero attached hydrogens (tertiary/aromatic N) is 3. The van der Waals surface area contributed by atoms with E-state index in [1.165, 1.54) is 0 Å². The zero-order chi connectivity index (χ0) is 21.3. The second kappa shape index (κ2) is 8.32. The van der Waals surface area contributed by atoms with Gasteiger partial charge >= 0.3 is 0 Å². The Hall–Kier alpha value is -2.51. The Balaban J connectivity index is 1.53. The van der Waals surface area contributed by atoms with Gasteiger partial charge in [0.25, 0.3) is 0 Å². The fraction of sp³-hybridized carbons (Fsp3) is 0.391. The minimum atomic E-state index is -3.55. The summed E-state index contributed by atoms with van der Waals surface area (Å²) >= 11 is 0. The fourth-order valence-electron chi connectivity index (χ4n) is 3.84. The summed E-state index contributed by atoms with van der Waals surface area (Å²) in [7, 11) is -3.55. The van der Waals surface area contributed by atoms with E-state index in [2.05, 4.69) is 24.0 Å². The molecule has 0 unspecified atom stereocenters. The molecule has 1 saturated heterocycles. The largest absolute Gasteiger partial charge is 0.339 e. The third-order valence-corrected chi connectivity index (χ3v) is 7.52. The minimum Gasteiger partial charge on any atom is -0.339 e. The van der Waals surface area contributed by atoms with Crippen LogP contribution in [0.4, 0.5) is 0 Å². The van der Waals surface area contributed by atoms with Crippen LogP contribution in [0.3, 0.4) is 0 Å². The summed E-state index contributed by atoms with van der Waals surface area (Å²) in [5.74, 6) is 1.30. The molecule has 1 fully saturated rings. The number of benzene rings is 2. The van der Waals surface area contributed by atoms with Crippen molar-refractivity contribution in [1.29, 1.82) is 0 Å². The van der Waals surface area contributed by atoms with Gasteiger partial charge in [-0.25, -0.2) is 8.42 Å². The van der Waals surface area contributed by atoms with Gasteiger partial charge in [0.2, 0.25) is 21.7 Å². The molecular formula is C23H27N3O3S. The van der Waals surface area contributed by atoms with E-state index >= 15 is 0 Å². The third-order valence-electron chi connectivity index (χ3n) is 5.64. The lowest BCUT2D eigenvalue weighted by atomic mass is 10.00. The van der Waals surface area contributed by atoms with E-state index in [0.717, 1.165) is 29.5 Å². The minimum absolute atomic E-state index is 0.102. The highest BCUT2D eigenvalue weighted by Gasteiger charge is 2.33. The van der Waals surface area contributed by atoms with Crippen molar-refractivity contribution < 1.29 is 12.9 Å². The standard InChI is InChI=1S/C23H27N3O3S/c1-16(2)18-9-11-21(12-10-18)30(27,28)26-13-5-8-20(15-26)23-24-22(25-29-23)19-7-4-6-17(3)14-19/h4,6-7,9-12,14,16,20H,5,8,13,15H2,1-3H3/t20-/m0/s1. The number of hydrogen-bond acceptors (Lipinski definition) is 5.